The third-order valence-electron chi connectivity index (χ3n) is 4.48. The number of carbonyl (C=O) groups excluding carboxylic acids is 2. The monoisotopic (exact) mass is 507 g/mol. The van der Waals surface area contributed by atoms with Crippen LogP contribution in [0.3, 0.4) is 0 Å². The Morgan fingerprint density at radius 2 is 1.81 bits per heavy atom. The van der Waals surface area contributed by atoms with Gasteiger partial charge in [0.2, 0.25) is 11.8 Å². The Balaban J connectivity index is 2.05. The summed E-state index contributed by atoms with van der Waals surface area (Å²) in [5.74, 6) is 0.405. The Bertz CT molecular complexity index is 921. The minimum Gasteiger partial charge on any atom is -0.352 e. The molecule has 1 atom stereocenters. The maximum absolute atomic E-state index is 13.0. The van der Waals surface area contributed by atoms with Gasteiger partial charge in [-0.15, -0.1) is 11.8 Å². The van der Waals surface area contributed by atoms with Crippen LogP contribution in [0.4, 0.5) is 5.69 Å². The normalized spacial score (nSPS) is 11.8. The molecule has 2 aromatic rings. The minimum atomic E-state index is -0.617. The number of carbonyl (C=O) groups is 2. The highest BCUT2D eigenvalue weighted by Crippen LogP contribution is 2.19. The van der Waals surface area contributed by atoms with Gasteiger partial charge in [-0.25, -0.2) is 0 Å². The first-order valence-electron chi connectivity index (χ1n) is 9.82. The topological polar surface area (TPSA) is 92.6 Å². The molecule has 0 aliphatic heterocycles. The van der Waals surface area contributed by atoms with Crippen molar-refractivity contribution in [2.45, 2.75) is 45.2 Å². The fraction of sp³-hybridized carbons (Fsp3) is 0.364. The van der Waals surface area contributed by atoms with E-state index in [0.717, 1.165) is 15.6 Å². The van der Waals surface area contributed by atoms with Gasteiger partial charge in [0.1, 0.15) is 6.04 Å². The van der Waals surface area contributed by atoms with Crippen LogP contribution < -0.4 is 5.32 Å². The van der Waals surface area contributed by atoms with E-state index in [9.17, 15) is 19.7 Å². The zero-order valence-corrected chi connectivity index (χ0v) is 20.1. The Kier molecular flexibility index (Phi) is 9.51. The average molecular weight is 508 g/mol. The first-order chi connectivity index (χ1) is 14.7. The summed E-state index contributed by atoms with van der Waals surface area (Å²) in [5, 5.41) is 13.6. The van der Waals surface area contributed by atoms with E-state index in [-0.39, 0.29) is 29.3 Å². The summed E-state index contributed by atoms with van der Waals surface area (Å²) in [6.07, 6.45) is 0. The molecule has 0 heterocycles. The molecule has 0 aliphatic rings. The lowest BCUT2D eigenvalue weighted by Gasteiger charge is -2.29. The number of rotatable bonds is 10. The van der Waals surface area contributed by atoms with E-state index in [2.05, 4.69) is 21.2 Å². The van der Waals surface area contributed by atoms with Crippen LogP contribution in [0.1, 0.15) is 31.9 Å². The summed E-state index contributed by atoms with van der Waals surface area (Å²) in [5.41, 5.74) is 1.86. The number of nitro groups is 1. The van der Waals surface area contributed by atoms with E-state index >= 15 is 0 Å². The average Bonchev–Trinajstić information content (AvgIpc) is 2.71. The first-order valence-corrected chi connectivity index (χ1v) is 11.8. The van der Waals surface area contributed by atoms with E-state index in [1.165, 1.54) is 23.9 Å². The summed E-state index contributed by atoms with van der Waals surface area (Å²) in [6.45, 7) is 5.81. The Morgan fingerprint density at radius 1 is 1.13 bits per heavy atom. The molecule has 0 spiro atoms. The SMILES string of the molecule is CC(C)NC(=O)[C@H](C)N(Cc1cccc(Br)c1)C(=O)CSCc1ccc([N+](=O)[O-])cc1. The lowest BCUT2D eigenvalue weighted by Crippen LogP contribution is -2.49. The number of amides is 2. The highest BCUT2D eigenvalue weighted by atomic mass is 79.9. The van der Waals surface area contributed by atoms with E-state index in [0.29, 0.717) is 12.3 Å². The third kappa shape index (κ3) is 7.99. The van der Waals surface area contributed by atoms with Crippen LogP contribution in [0.5, 0.6) is 0 Å². The largest absolute Gasteiger partial charge is 0.352 e. The second-order valence-corrected chi connectivity index (χ2v) is 9.31. The molecule has 2 rings (SSSR count). The molecule has 166 valence electrons. The second-order valence-electron chi connectivity index (χ2n) is 7.41. The molecule has 0 aromatic heterocycles. The smallest absolute Gasteiger partial charge is 0.269 e. The van der Waals surface area contributed by atoms with Gasteiger partial charge in [-0.1, -0.05) is 40.2 Å². The highest BCUT2D eigenvalue weighted by molar-refractivity contribution is 9.10. The summed E-state index contributed by atoms with van der Waals surface area (Å²) < 4.78 is 0.907. The van der Waals surface area contributed by atoms with Crippen molar-refractivity contribution >= 4 is 45.2 Å². The van der Waals surface area contributed by atoms with Gasteiger partial charge in [0.15, 0.2) is 0 Å². The number of benzene rings is 2. The number of hydrogen-bond acceptors (Lipinski definition) is 5. The zero-order chi connectivity index (χ0) is 23.0. The number of nitro benzene ring substituents is 1. The van der Waals surface area contributed by atoms with Crippen molar-refractivity contribution in [1.82, 2.24) is 10.2 Å². The molecule has 0 bridgehead atoms. The van der Waals surface area contributed by atoms with Crippen molar-refractivity contribution in [2.24, 2.45) is 0 Å². The summed E-state index contributed by atoms with van der Waals surface area (Å²) >= 11 is 4.85. The Morgan fingerprint density at radius 3 is 2.39 bits per heavy atom. The van der Waals surface area contributed by atoms with Gasteiger partial charge in [0.05, 0.1) is 10.7 Å². The number of non-ortho nitro benzene ring substituents is 1. The molecule has 31 heavy (non-hydrogen) atoms. The van der Waals surface area contributed by atoms with Crippen molar-refractivity contribution < 1.29 is 14.5 Å². The predicted octanol–water partition coefficient (Wildman–Crippen LogP) is 4.53. The van der Waals surface area contributed by atoms with Gasteiger partial charge < -0.3 is 10.2 Å². The summed E-state index contributed by atoms with van der Waals surface area (Å²) in [4.78, 5) is 37.5. The molecule has 0 saturated carbocycles. The van der Waals surface area contributed by atoms with E-state index < -0.39 is 11.0 Å². The first kappa shape index (κ1) is 24.9. The van der Waals surface area contributed by atoms with E-state index in [4.69, 9.17) is 0 Å². The molecule has 0 aliphatic carbocycles. The number of nitrogens with one attached hydrogen (secondary N) is 1. The molecule has 0 unspecified atom stereocenters. The Labute approximate surface area is 194 Å². The van der Waals surface area contributed by atoms with Gasteiger partial charge in [-0.2, -0.15) is 0 Å². The van der Waals surface area contributed by atoms with Crippen LogP contribution in [0, 0.1) is 10.1 Å². The maximum atomic E-state index is 13.0. The van der Waals surface area contributed by atoms with Gasteiger partial charge >= 0.3 is 0 Å². The molecular formula is C22H26BrN3O4S. The molecule has 0 fully saturated rings. The van der Waals surface area contributed by atoms with Crippen molar-refractivity contribution in [3.8, 4) is 0 Å². The second kappa shape index (κ2) is 11.9. The van der Waals surface area contributed by atoms with Crippen molar-refractivity contribution in [1.29, 1.82) is 0 Å². The number of halogens is 1. The molecule has 2 amide bonds. The van der Waals surface area contributed by atoms with Gasteiger partial charge in [-0.3, -0.25) is 19.7 Å². The molecule has 2 aromatic carbocycles. The van der Waals surface area contributed by atoms with Gasteiger partial charge in [0, 0.05) is 34.9 Å². The lowest BCUT2D eigenvalue weighted by atomic mass is 10.1. The molecule has 7 nitrogen and oxygen atoms in total. The quantitative estimate of drug-likeness (QED) is 0.376. The molecule has 9 heteroatoms. The highest BCUT2D eigenvalue weighted by Gasteiger charge is 2.26. The Hall–Kier alpha value is -2.39. The molecule has 0 saturated heterocycles. The molecule has 1 N–H and O–H groups in total. The van der Waals surface area contributed by atoms with E-state index in [1.807, 2.05) is 38.1 Å². The van der Waals surface area contributed by atoms with Crippen LogP contribution in [-0.4, -0.2) is 39.5 Å². The van der Waals surface area contributed by atoms with Gasteiger partial charge in [-0.05, 0) is 44.0 Å². The molecule has 0 radical (unpaired) electrons. The number of hydrogen-bond donors (Lipinski definition) is 1. The number of nitrogens with zero attached hydrogens (tertiary/aromatic N) is 2. The summed E-state index contributed by atoms with van der Waals surface area (Å²) in [6, 6.07) is 13.3. The summed E-state index contributed by atoms with van der Waals surface area (Å²) in [7, 11) is 0. The van der Waals surface area contributed by atoms with Crippen LogP contribution in [-0.2, 0) is 21.9 Å². The van der Waals surface area contributed by atoms with Crippen molar-refractivity contribution in [3.63, 3.8) is 0 Å². The van der Waals surface area contributed by atoms with E-state index in [1.54, 1.807) is 24.0 Å². The fourth-order valence-corrected chi connectivity index (χ4v) is 4.19. The van der Waals surface area contributed by atoms with Crippen LogP contribution in [0.2, 0.25) is 0 Å². The predicted molar refractivity (Wildman–Crippen MR) is 127 cm³/mol. The van der Waals surface area contributed by atoms with Crippen LogP contribution >= 0.6 is 27.7 Å². The van der Waals surface area contributed by atoms with Crippen LogP contribution in [0.25, 0.3) is 0 Å². The fourth-order valence-electron chi connectivity index (χ4n) is 2.87. The molecular weight excluding hydrogens is 482 g/mol. The van der Waals surface area contributed by atoms with Crippen molar-refractivity contribution in [3.05, 3.63) is 74.2 Å². The third-order valence-corrected chi connectivity index (χ3v) is 5.96. The standard InChI is InChI=1S/C22H26BrN3O4S/c1-15(2)24-22(28)16(3)25(12-18-5-4-6-19(23)11-18)21(27)14-31-13-17-7-9-20(10-8-17)26(29)30/h4-11,15-16H,12-14H2,1-3H3,(H,24,28)/t16-/m0/s1. The van der Waals surface area contributed by atoms with Crippen molar-refractivity contribution in [2.75, 3.05) is 5.75 Å². The van der Waals surface area contributed by atoms with Gasteiger partial charge in [0.25, 0.3) is 5.69 Å². The zero-order valence-electron chi connectivity index (χ0n) is 17.7. The maximum Gasteiger partial charge on any atom is 0.269 e. The number of thioether (sulfide) groups is 1. The minimum absolute atomic E-state index is 0.0192. The van der Waals surface area contributed by atoms with Crippen LogP contribution in [0.15, 0.2) is 53.0 Å². The lowest BCUT2D eigenvalue weighted by molar-refractivity contribution is -0.384.